The summed E-state index contributed by atoms with van der Waals surface area (Å²) in [5.74, 6) is 0. The molecule has 1 radical (unpaired) electrons. The minimum atomic E-state index is -0.850. The van der Waals surface area contributed by atoms with Gasteiger partial charge < -0.3 is 4.74 Å². The van der Waals surface area contributed by atoms with Crippen LogP contribution in [0.1, 0.15) is 97.3 Å². The third kappa shape index (κ3) is 17.9. The fraction of sp³-hybridized carbons (Fsp3) is 1.00. The van der Waals surface area contributed by atoms with Gasteiger partial charge in [-0.15, -0.1) is 0 Å². The van der Waals surface area contributed by atoms with Crippen molar-refractivity contribution in [2.45, 2.75) is 104 Å². The van der Waals surface area contributed by atoms with Gasteiger partial charge >= 0.3 is 0 Å². The molecule has 0 fully saturated rings. The van der Waals surface area contributed by atoms with E-state index in [0.717, 1.165) is 6.42 Å². The minimum absolute atomic E-state index is 0.641. The normalized spacial score (nSPS) is 12.8. The number of hydrogen-bond donors (Lipinski definition) is 0. The Morgan fingerprint density at radius 1 is 0.684 bits per heavy atom. The second-order valence-electron chi connectivity index (χ2n) is 5.68. The first kappa shape index (κ1) is 18.9. The third-order valence-corrected chi connectivity index (χ3v) is 3.60. The largest absolute Gasteiger partial charge is 0.350 e. The summed E-state index contributed by atoms with van der Waals surface area (Å²) in [6.07, 6.45) is 16.8. The van der Waals surface area contributed by atoms with E-state index in [9.17, 15) is 5.11 Å². The SMILES string of the molecule is CCCCCCCCCCCCCCCOC(C)[O]. The summed E-state index contributed by atoms with van der Waals surface area (Å²) in [7, 11) is 0. The minimum Gasteiger partial charge on any atom is -0.350 e. The maximum Gasteiger partial charge on any atom is 0.188 e. The molecule has 0 bridgehead atoms. The van der Waals surface area contributed by atoms with Gasteiger partial charge in [0.1, 0.15) is 0 Å². The molecule has 0 spiro atoms. The van der Waals surface area contributed by atoms with Crippen LogP contribution in [-0.2, 0) is 9.84 Å². The topological polar surface area (TPSA) is 29.1 Å². The Balaban J connectivity index is 2.91. The van der Waals surface area contributed by atoms with Crippen molar-refractivity contribution in [3.8, 4) is 0 Å². The highest BCUT2D eigenvalue weighted by Crippen LogP contribution is 2.12. The van der Waals surface area contributed by atoms with Crippen LogP contribution in [0.5, 0.6) is 0 Å². The molecule has 0 N–H and O–H groups in total. The smallest absolute Gasteiger partial charge is 0.188 e. The van der Waals surface area contributed by atoms with E-state index in [1.54, 1.807) is 6.92 Å². The molecule has 115 valence electrons. The highest BCUT2D eigenvalue weighted by atomic mass is 16.6. The monoisotopic (exact) mass is 271 g/mol. The van der Waals surface area contributed by atoms with Gasteiger partial charge in [0.2, 0.25) is 0 Å². The molecule has 2 heteroatoms. The molecule has 0 heterocycles. The van der Waals surface area contributed by atoms with Crippen LogP contribution in [0, 0.1) is 0 Å². The lowest BCUT2D eigenvalue weighted by Crippen LogP contribution is -2.05. The Kier molecular flexibility index (Phi) is 15.9. The average molecular weight is 271 g/mol. The molecule has 0 aliphatic carbocycles. The second kappa shape index (κ2) is 16.0. The van der Waals surface area contributed by atoms with Gasteiger partial charge in [0.05, 0.1) is 0 Å². The van der Waals surface area contributed by atoms with E-state index in [-0.39, 0.29) is 0 Å². The fourth-order valence-corrected chi connectivity index (χ4v) is 2.37. The van der Waals surface area contributed by atoms with E-state index in [0.29, 0.717) is 6.61 Å². The summed E-state index contributed by atoms with van der Waals surface area (Å²) in [5, 5.41) is 10.6. The molecular weight excluding hydrogens is 236 g/mol. The van der Waals surface area contributed by atoms with E-state index >= 15 is 0 Å². The van der Waals surface area contributed by atoms with Gasteiger partial charge in [-0.25, -0.2) is 5.11 Å². The molecule has 0 amide bonds. The number of hydrogen-bond acceptors (Lipinski definition) is 1. The first-order chi connectivity index (χ1) is 9.27. The van der Waals surface area contributed by atoms with E-state index in [1.165, 1.54) is 77.0 Å². The lowest BCUT2D eigenvalue weighted by Gasteiger charge is -2.05. The van der Waals surface area contributed by atoms with Gasteiger partial charge in [-0.1, -0.05) is 84.0 Å². The van der Waals surface area contributed by atoms with Crippen molar-refractivity contribution >= 4 is 0 Å². The lowest BCUT2D eigenvalue weighted by molar-refractivity contribution is -0.127. The molecule has 19 heavy (non-hydrogen) atoms. The van der Waals surface area contributed by atoms with Crippen LogP contribution in [0.25, 0.3) is 0 Å². The van der Waals surface area contributed by atoms with Crippen LogP contribution in [0.4, 0.5) is 0 Å². The maximum atomic E-state index is 10.6. The Bertz CT molecular complexity index is 157. The van der Waals surface area contributed by atoms with Crippen LogP contribution < -0.4 is 0 Å². The number of ether oxygens (including phenoxy) is 1. The summed E-state index contributed by atoms with van der Waals surface area (Å²) in [6.45, 7) is 4.47. The number of rotatable bonds is 15. The molecule has 0 aromatic carbocycles. The molecule has 1 unspecified atom stereocenters. The summed E-state index contributed by atoms with van der Waals surface area (Å²) < 4.78 is 4.99. The quantitative estimate of drug-likeness (QED) is 0.270. The molecule has 0 aromatic rings. The third-order valence-electron chi connectivity index (χ3n) is 3.60. The predicted molar refractivity (Wildman–Crippen MR) is 81.8 cm³/mol. The first-order valence-electron chi connectivity index (χ1n) is 8.54. The van der Waals surface area contributed by atoms with Crippen molar-refractivity contribution < 1.29 is 9.84 Å². The molecule has 2 nitrogen and oxygen atoms in total. The zero-order valence-corrected chi connectivity index (χ0v) is 13.3. The Hall–Kier alpha value is -0.0800. The van der Waals surface area contributed by atoms with Crippen LogP contribution in [-0.4, -0.2) is 12.9 Å². The fourth-order valence-electron chi connectivity index (χ4n) is 2.37. The molecule has 0 aliphatic rings. The van der Waals surface area contributed by atoms with E-state index < -0.39 is 6.29 Å². The lowest BCUT2D eigenvalue weighted by atomic mass is 10.0. The summed E-state index contributed by atoms with van der Waals surface area (Å²) >= 11 is 0. The molecule has 1 atom stereocenters. The van der Waals surface area contributed by atoms with Crippen molar-refractivity contribution in [2.24, 2.45) is 0 Å². The Labute approximate surface area is 120 Å². The standard InChI is InChI=1S/C17H35O2/c1-3-4-5-6-7-8-9-10-11-12-13-14-15-16-19-17(2)18/h17H,3-16H2,1-2H3. The van der Waals surface area contributed by atoms with Crippen LogP contribution in [0.2, 0.25) is 0 Å². The van der Waals surface area contributed by atoms with Crippen LogP contribution in [0.3, 0.4) is 0 Å². The Morgan fingerprint density at radius 2 is 1.05 bits per heavy atom. The average Bonchev–Trinajstić information content (AvgIpc) is 2.39. The second-order valence-corrected chi connectivity index (χ2v) is 5.68. The molecule has 0 saturated heterocycles. The maximum absolute atomic E-state index is 10.6. The Morgan fingerprint density at radius 3 is 1.42 bits per heavy atom. The van der Waals surface area contributed by atoms with Gasteiger partial charge in [0, 0.05) is 6.61 Å². The van der Waals surface area contributed by atoms with Gasteiger partial charge in [-0.3, -0.25) is 0 Å². The van der Waals surface area contributed by atoms with Crippen molar-refractivity contribution in [3.63, 3.8) is 0 Å². The van der Waals surface area contributed by atoms with Crippen LogP contribution in [0.15, 0.2) is 0 Å². The van der Waals surface area contributed by atoms with Crippen molar-refractivity contribution in [3.05, 3.63) is 0 Å². The summed E-state index contributed by atoms with van der Waals surface area (Å²) in [4.78, 5) is 0. The molecule has 0 aromatic heterocycles. The number of unbranched alkanes of at least 4 members (excludes halogenated alkanes) is 12. The summed E-state index contributed by atoms with van der Waals surface area (Å²) in [6, 6.07) is 0. The summed E-state index contributed by atoms with van der Waals surface area (Å²) in [5.41, 5.74) is 0. The molecule has 0 saturated carbocycles. The van der Waals surface area contributed by atoms with Crippen molar-refractivity contribution in [2.75, 3.05) is 6.61 Å². The van der Waals surface area contributed by atoms with Crippen molar-refractivity contribution in [1.29, 1.82) is 0 Å². The molecule has 0 rings (SSSR count). The zero-order valence-electron chi connectivity index (χ0n) is 13.3. The highest BCUT2D eigenvalue weighted by Gasteiger charge is 1.96. The van der Waals surface area contributed by atoms with E-state index in [1.807, 2.05) is 0 Å². The van der Waals surface area contributed by atoms with Gasteiger partial charge in [0.15, 0.2) is 6.29 Å². The van der Waals surface area contributed by atoms with Gasteiger partial charge in [-0.05, 0) is 13.3 Å². The highest BCUT2D eigenvalue weighted by molar-refractivity contribution is 4.48. The van der Waals surface area contributed by atoms with Crippen molar-refractivity contribution in [1.82, 2.24) is 0 Å². The van der Waals surface area contributed by atoms with Gasteiger partial charge in [0.25, 0.3) is 0 Å². The zero-order chi connectivity index (χ0) is 14.2. The predicted octanol–water partition coefficient (Wildman–Crippen LogP) is 5.87. The van der Waals surface area contributed by atoms with E-state index in [2.05, 4.69) is 6.92 Å². The van der Waals surface area contributed by atoms with Gasteiger partial charge in [-0.2, -0.15) is 0 Å². The van der Waals surface area contributed by atoms with E-state index in [4.69, 9.17) is 4.74 Å². The van der Waals surface area contributed by atoms with Crippen LogP contribution >= 0.6 is 0 Å². The molecule has 0 aliphatic heterocycles. The first-order valence-corrected chi connectivity index (χ1v) is 8.54. The molecular formula is C17H35O2.